The second kappa shape index (κ2) is 14.6. The highest BCUT2D eigenvalue weighted by molar-refractivity contribution is 6.31. The van der Waals surface area contributed by atoms with E-state index in [4.69, 9.17) is 20.9 Å². The Bertz CT molecular complexity index is 1370. The highest BCUT2D eigenvalue weighted by Gasteiger charge is 2.26. The Morgan fingerprint density at radius 1 is 1.12 bits per heavy atom. The Morgan fingerprint density at radius 2 is 1.86 bits per heavy atom. The van der Waals surface area contributed by atoms with Gasteiger partial charge in [0.15, 0.2) is 11.6 Å². The van der Waals surface area contributed by atoms with Gasteiger partial charge in [-0.25, -0.2) is 14.0 Å². The molecule has 0 unspecified atom stereocenters. The lowest BCUT2D eigenvalue weighted by atomic mass is 10.1. The van der Waals surface area contributed by atoms with Crippen molar-refractivity contribution in [1.29, 1.82) is 0 Å². The molecular weight excluding hydrogens is 567 g/mol. The molecule has 1 atom stereocenters. The summed E-state index contributed by atoms with van der Waals surface area (Å²) in [4.78, 5) is 43.8. The number of hydrogen-bond donors (Lipinski definition) is 2. The largest absolute Gasteiger partial charge is 0.447 e. The minimum Gasteiger partial charge on any atom is -0.447 e. The third-order valence-corrected chi connectivity index (χ3v) is 7.51. The average Bonchev–Trinajstić information content (AvgIpc) is 3.46. The molecule has 11 nitrogen and oxygen atoms in total. The molecule has 2 N–H and O–H groups in total. The van der Waals surface area contributed by atoms with Crippen LogP contribution in [0.4, 0.5) is 19.8 Å². The molecule has 4 amide bonds. The molecule has 13 heteroatoms. The van der Waals surface area contributed by atoms with E-state index in [1.165, 1.54) is 17.0 Å². The lowest BCUT2D eigenvalue weighted by Gasteiger charge is -2.33. The van der Waals surface area contributed by atoms with E-state index < -0.39 is 24.0 Å². The predicted molar refractivity (Wildman–Crippen MR) is 155 cm³/mol. The normalized spacial score (nSPS) is 14.2. The van der Waals surface area contributed by atoms with Crippen LogP contribution in [0.2, 0.25) is 5.02 Å². The van der Waals surface area contributed by atoms with E-state index in [9.17, 15) is 18.8 Å². The molecule has 0 spiro atoms. The molecule has 1 saturated heterocycles. The molecular formula is C29H34ClFN6O5. The fourth-order valence-electron chi connectivity index (χ4n) is 4.42. The zero-order valence-electron chi connectivity index (χ0n) is 23.5. The highest BCUT2D eigenvalue weighted by Crippen LogP contribution is 2.22. The number of anilines is 1. The Balaban J connectivity index is 1.36. The Morgan fingerprint density at radius 3 is 2.60 bits per heavy atom. The van der Waals surface area contributed by atoms with Crippen molar-refractivity contribution in [3.8, 4) is 11.3 Å². The maximum atomic E-state index is 13.8. The SMILES string of the molecule is CN1CCN(C(=O)CC[C@@H](COC(=O)Nc2cc(-c3ccccc3)on2)N(C)C(=O)NCc2cccc(F)c2Cl)CC1. The van der Waals surface area contributed by atoms with Crippen LogP contribution in [-0.4, -0.2) is 90.8 Å². The number of carbonyl (C=O) groups excluding carboxylic acids is 3. The molecule has 224 valence electrons. The summed E-state index contributed by atoms with van der Waals surface area (Å²) in [7, 11) is 3.55. The maximum Gasteiger partial charge on any atom is 0.412 e. The fraction of sp³-hybridized carbons (Fsp3) is 0.379. The van der Waals surface area contributed by atoms with Crippen LogP contribution in [0, 0.1) is 5.82 Å². The first-order valence-electron chi connectivity index (χ1n) is 13.6. The number of amides is 4. The van der Waals surface area contributed by atoms with Gasteiger partial charge in [0, 0.05) is 57.8 Å². The van der Waals surface area contributed by atoms with Crippen molar-refractivity contribution in [2.45, 2.75) is 25.4 Å². The summed E-state index contributed by atoms with van der Waals surface area (Å²) in [5, 5.41) is 9.01. The van der Waals surface area contributed by atoms with Gasteiger partial charge < -0.3 is 29.3 Å². The van der Waals surface area contributed by atoms with Gasteiger partial charge in [0.25, 0.3) is 0 Å². The van der Waals surface area contributed by atoms with Gasteiger partial charge >= 0.3 is 12.1 Å². The van der Waals surface area contributed by atoms with Crippen molar-refractivity contribution in [3.63, 3.8) is 0 Å². The molecule has 1 aliphatic rings. The van der Waals surface area contributed by atoms with Gasteiger partial charge in [0.2, 0.25) is 5.91 Å². The summed E-state index contributed by atoms with van der Waals surface area (Å²) < 4.78 is 24.5. The van der Waals surface area contributed by atoms with Gasteiger partial charge in [0.05, 0.1) is 11.1 Å². The summed E-state index contributed by atoms with van der Waals surface area (Å²) in [5.41, 5.74) is 1.21. The minimum atomic E-state index is -0.793. The quantitative estimate of drug-likeness (QED) is 0.353. The number of urea groups is 1. The van der Waals surface area contributed by atoms with E-state index in [0.717, 1.165) is 18.7 Å². The molecule has 0 radical (unpaired) electrons. The zero-order valence-corrected chi connectivity index (χ0v) is 24.3. The van der Waals surface area contributed by atoms with Gasteiger partial charge in [-0.1, -0.05) is 59.2 Å². The van der Waals surface area contributed by atoms with Gasteiger partial charge in [-0.2, -0.15) is 0 Å². The van der Waals surface area contributed by atoms with Crippen molar-refractivity contribution in [2.75, 3.05) is 52.2 Å². The van der Waals surface area contributed by atoms with E-state index in [0.29, 0.717) is 24.4 Å². The molecule has 0 aliphatic carbocycles. The fourth-order valence-corrected chi connectivity index (χ4v) is 4.62. The van der Waals surface area contributed by atoms with Gasteiger partial charge in [-0.3, -0.25) is 10.1 Å². The van der Waals surface area contributed by atoms with Crippen molar-refractivity contribution in [1.82, 2.24) is 25.2 Å². The number of ether oxygens (including phenoxy) is 1. The molecule has 2 heterocycles. The van der Waals surface area contributed by atoms with E-state index in [1.807, 2.05) is 37.4 Å². The van der Waals surface area contributed by atoms with Crippen LogP contribution in [0.5, 0.6) is 0 Å². The van der Waals surface area contributed by atoms with Crippen LogP contribution in [0.25, 0.3) is 11.3 Å². The number of hydrogen-bond acceptors (Lipinski definition) is 7. The van der Waals surface area contributed by atoms with Gasteiger partial charge in [-0.15, -0.1) is 0 Å². The van der Waals surface area contributed by atoms with Crippen LogP contribution in [-0.2, 0) is 16.1 Å². The summed E-state index contributed by atoms with van der Waals surface area (Å²) in [5.74, 6) is 0.0214. The minimum absolute atomic E-state index is 0.00996. The number of benzene rings is 2. The van der Waals surface area contributed by atoms with E-state index in [2.05, 4.69) is 20.7 Å². The lowest BCUT2D eigenvalue weighted by Crippen LogP contribution is -2.48. The summed E-state index contributed by atoms with van der Waals surface area (Å²) >= 11 is 6.01. The third kappa shape index (κ3) is 8.43. The number of rotatable bonds is 10. The maximum absolute atomic E-state index is 13.8. The molecule has 2 aromatic carbocycles. The first kappa shape index (κ1) is 30.8. The standard InChI is InChI=1S/C29H34ClFN6O5/c1-35-13-15-37(16-14-35)26(38)12-11-22(36(2)28(39)32-18-21-9-6-10-23(31)27(21)30)19-41-29(40)33-25-17-24(42-34-25)20-7-4-3-5-8-20/h3-10,17,22H,11-16,18-19H2,1-2H3,(H,32,39)(H,33,34,40)/t22-/m0/s1. The number of likely N-dealkylation sites (N-methyl/N-ethyl adjacent to an activating group) is 2. The van der Waals surface area contributed by atoms with E-state index >= 15 is 0 Å². The second-order valence-corrected chi connectivity index (χ2v) is 10.4. The van der Waals surface area contributed by atoms with Crippen molar-refractivity contribution >= 4 is 35.5 Å². The molecule has 3 aromatic rings. The van der Waals surface area contributed by atoms with Crippen LogP contribution in [0.15, 0.2) is 59.1 Å². The summed E-state index contributed by atoms with van der Waals surface area (Å²) in [6.45, 7) is 2.65. The Kier molecular flexibility index (Phi) is 10.7. The number of piperazine rings is 1. The number of nitrogens with one attached hydrogen (secondary N) is 2. The first-order chi connectivity index (χ1) is 20.2. The van der Waals surface area contributed by atoms with E-state index in [1.54, 1.807) is 24.1 Å². The number of nitrogens with zero attached hydrogens (tertiary/aromatic N) is 4. The van der Waals surface area contributed by atoms with Crippen LogP contribution >= 0.6 is 11.6 Å². The third-order valence-electron chi connectivity index (χ3n) is 7.08. The Labute approximate surface area is 248 Å². The zero-order chi connectivity index (χ0) is 30.1. The van der Waals surface area contributed by atoms with Crippen LogP contribution in [0.1, 0.15) is 18.4 Å². The van der Waals surface area contributed by atoms with Gasteiger partial charge in [-0.05, 0) is 25.1 Å². The van der Waals surface area contributed by atoms with Crippen molar-refractivity contribution in [2.24, 2.45) is 0 Å². The predicted octanol–water partition coefficient (Wildman–Crippen LogP) is 4.45. The molecule has 4 rings (SSSR count). The van der Waals surface area contributed by atoms with Gasteiger partial charge in [0.1, 0.15) is 12.4 Å². The average molecular weight is 601 g/mol. The van der Waals surface area contributed by atoms with Crippen LogP contribution in [0.3, 0.4) is 0 Å². The molecule has 0 bridgehead atoms. The summed E-state index contributed by atoms with van der Waals surface area (Å²) in [6.07, 6.45) is -0.375. The van der Waals surface area contributed by atoms with E-state index in [-0.39, 0.29) is 42.7 Å². The second-order valence-electron chi connectivity index (χ2n) is 10.0. The molecule has 1 aromatic heterocycles. The first-order valence-corrected chi connectivity index (χ1v) is 13.9. The monoisotopic (exact) mass is 600 g/mol. The summed E-state index contributed by atoms with van der Waals surface area (Å²) in [6, 6.07) is 14.1. The number of halogens is 2. The van der Waals surface area contributed by atoms with Crippen LogP contribution < -0.4 is 10.6 Å². The highest BCUT2D eigenvalue weighted by atomic mass is 35.5. The van der Waals surface area contributed by atoms with Crippen molar-refractivity contribution in [3.05, 3.63) is 71.0 Å². The smallest absolute Gasteiger partial charge is 0.412 e. The number of carbonyl (C=O) groups is 3. The number of aromatic nitrogens is 1. The topological polar surface area (TPSA) is 120 Å². The van der Waals surface area contributed by atoms with Crippen molar-refractivity contribution < 1.29 is 28.0 Å². The lowest BCUT2D eigenvalue weighted by molar-refractivity contribution is -0.133. The molecule has 42 heavy (non-hydrogen) atoms. The molecule has 1 aliphatic heterocycles. The molecule has 0 saturated carbocycles. The Hall–Kier alpha value is -4.16. The molecule has 1 fully saturated rings.